The number of carbonyl (C=O) groups excluding carboxylic acids is 1. The third-order valence-corrected chi connectivity index (χ3v) is 7.24. The number of hydrogen-bond donors (Lipinski definition) is 0. The van der Waals surface area contributed by atoms with Crippen LogP contribution in [0.4, 0.5) is 0 Å². The Balaban J connectivity index is 1.60. The quantitative estimate of drug-likeness (QED) is 0.195. The highest BCUT2D eigenvalue weighted by atomic mass is 16.5. The fourth-order valence-corrected chi connectivity index (χ4v) is 4.97. The van der Waals surface area contributed by atoms with Crippen molar-refractivity contribution in [2.75, 3.05) is 7.11 Å². The first-order valence-electron chi connectivity index (χ1n) is 13.0. The number of carbonyl (C=O) groups is 1. The summed E-state index contributed by atoms with van der Waals surface area (Å²) in [7, 11) is 1.39. The van der Waals surface area contributed by atoms with Crippen LogP contribution in [-0.4, -0.2) is 32.8 Å². The molecule has 0 bridgehead atoms. The third kappa shape index (κ3) is 4.59. The molecule has 4 aromatic heterocycles. The summed E-state index contributed by atoms with van der Waals surface area (Å²) >= 11 is 0. The van der Waals surface area contributed by atoms with Crippen LogP contribution < -0.4 is 0 Å². The van der Waals surface area contributed by atoms with E-state index in [4.69, 9.17) is 14.2 Å². The zero-order valence-corrected chi connectivity index (χ0v) is 22.4. The van der Waals surface area contributed by atoms with Gasteiger partial charge in [0.1, 0.15) is 11.4 Å². The Hall–Kier alpha value is -4.70. The van der Waals surface area contributed by atoms with Crippen molar-refractivity contribution < 1.29 is 14.1 Å². The van der Waals surface area contributed by atoms with Gasteiger partial charge in [-0.05, 0) is 69.5 Å². The number of rotatable bonds is 5. The first-order chi connectivity index (χ1) is 18.9. The molecule has 1 unspecified atom stereocenters. The summed E-state index contributed by atoms with van der Waals surface area (Å²) in [6.45, 7) is 5.96. The fraction of sp³-hybridized carbons (Fsp3) is 0.250. The molecule has 0 aliphatic heterocycles. The second-order valence-corrected chi connectivity index (χ2v) is 9.97. The first-order valence-corrected chi connectivity index (χ1v) is 13.0. The molecule has 7 heteroatoms. The van der Waals surface area contributed by atoms with Gasteiger partial charge in [-0.15, -0.1) is 0 Å². The number of nitrogens with zero attached hydrogens (tertiary/aromatic N) is 4. The van der Waals surface area contributed by atoms with Gasteiger partial charge in [-0.1, -0.05) is 29.1 Å². The van der Waals surface area contributed by atoms with Crippen molar-refractivity contribution >= 4 is 17.0 Å². The lowest BCUT2D eigenvalue weighted by molar-refractivity contribution is 0.0600. The van der Waals surface area contributed by atoms with Crippen molar-refractivity contribution in [3.63, 3.8) is 0 Å². The van der Waals surface area contributed by atoms with Gasteiger partial charge in [-0.3, -0.25) is 4.98 Å². The Morgan fingerprint density at radius 3 is 2.67 bits per heavy atom. The maximum absolute atomic E-state index is 12.4. The lowest BCUT2D eigenvalue weighted by atomic mass is 9.96. The number of benzene rings is 1. The monoisotopic (exact) mass is 516 g/mol. The van der Waals surface area contributed by atoms with Crippen LogP contribution in [0.3, 0.4) is 0 Å². The molecular formula is C32H28N4O3. The Kier molecular flexibility index (Phi) is 6.24. The number of methoxy groups -OCH3 is 1. The molecule has 0 spiro atoms. The van der Waals surface area contributed by atoms with Crippen LogP contribution in [0.2, 0.25) is 0 Å². The van der Waals surface area contributed by atoms with E-state index in [1.807, 2.05) is 50.4 Å². The normalized spacial score (nSPS) is 13.6. The van der Waals surface area contributed by atoms with E-state index in [1.165, 1.54) is 7.11 Å². The van der Waals surface area contributed by atoms with Gasteiger partial charge < -0.3 is 13.8 Å². The number of ether oxygens (including phenoxy) is 1. The lowest BCUT2D eigenvalue weighted by Gasteiger charge is -2.14. The van der Waals surface area contributed by atoms with Crippen molar-refractivity contribution in [3.05, 3.63) is 89.3 Å². The predicted octanol–water partition coefficient (Wildman–Crippen LogP) is 6.53. The summed E-state index contributed by atoms with van der Waals surface area (Å²) in [6, 6.07) is 13.6. The average Bonchev–Trinajstić information content (AvgIpc) is 3.64. The van der Waals surface area contributed by atoms with Crippen LogP contribution in [0, 0.1) is 31.6 Å². The van der Waals surface area contributed by atoms with Crippen molar-refractivity contribution in [2.24, 2.45) is 5.92 Å². The minimum Gasteiger partial charge on any atom is -0.465 e. The van der Waals surface area contributed by atoms with E-state index in [-0.39, 0.29) is 12.0 Å². The highest BCUT2D eigenvalue weighted by Gasteiger charge is 2.22. The van der Waals surface area contributed by atoms with Gasteiger partial charge in [0.25, 0.3) is 0 Å². The molecule has 39 heavy (non-hydrogen) atoms. The van der Waals surface area contributed by atoms with E-state index in [1.54, 1.807) is 12.3 Å². The SMILES string of the molecule is COC(=O)c1ccc(-c2cn(C(C)c3ccccn3)c3ncc(-c4c(C)noc4C)cc23)c(C#CC2CC2)c1. The number of hydrogen-bond acceptors (Lipinski definition) is 6. The number of aryl methyl sites for hydroxylation is 2. The van der Waals surface area contributed by atoms with Crippen molar-refractivity contribution in [3.8, 4) is 34.1 Å². The molecule has 5 aromatic rings. The van der Waals surface area contributed by atoms with E-state index < -0.39 is 0 Å². The van der Waals surface area contributed by atoms with Gasteiger partial charge in [-0.25, -0.2) is 9.78 Å². The number of esters is 1. The standard InChI is InChI=1S/C32H28N4O3/c1-19-30(21(3)39-35-19)25-16-27-28(18-36(31(27)34-17-25)20(2)29-7-5-6-14-33-29)26-13-12-24(32(37)38-4)15-23(26)11-10-22-8-9-22/h5-7,12-18,20,22H,8-9H2,1-4H3. The van der Waals surface area contributed by atoms with Crippen LogP contribution in [0.5, 0.6) is 0 Å². The Labute approximate surface area is 226 Å². The molecule has 1 fully saturated rings. The molecule has 0 N–H and O–H groups in total. The van der Waals surface area contributed by atoms with Gasteiger partial charge in [0, 0.05) is 52.1 Å². The molecule has 1 aliphatic rings. The second-order valence-electron chi connectivity index (χ2n) is 9.97. The zero-order chi connectivity index (χ0) is 27.1. The van der Waals surface area contributed by atoms with Gasteiger partial charge in [0.05, 0.1) is 30.1 Å². The topological polar surface area (TPSA) is 83.0 Å². The Morgan fingerprint density at radius 1 is 1.13 bits per heavy atom. The average molecular weight is 517 g/mol. The minimum atomic E-state index is -0.385. The predicted molar refractivity (Wildman–Crippen MR) is 149 cm³/mol. The fourth-order valence-electron chi connectivity index (χ4n) is 4.97. The second kappa shape index (κ2) is 9.88. The molecule has 1 saturated carbocycles. The molecule has 6 rings (SSSR count). The molecule has 7 nitrogen and oxygen atoms in total. The van der Waals surface area contributed by atoms with Crippen molar-refractivity contribution in [2.45, 2.75) is 39.7 Å². The number of pyridine rings is 2. The zero-order valence-electron chi connectivity index (χ0n) is 22.4. The molecule has 4 heterocycles. The van der Waals surface area contributed by atoms with Crippen LogP contribution in [0.1, 0.15) is 58.9 Å². The van der Waals surface area contributed by atoms with Crippen LogP contribution in [0.15, 0.2) is 65.6 Å². The van der Waals surface area contributed by atoms with E-state index in [2.05, 4.69) is 45.7 Å². The molecule has 0 radical (unpaired) electrons. The smallest absolute Gasteiger partial charge is 0.337 e. The maximum Gasteiger partial charge on any atom is 0.337 e. The van der Waals surface area contributed by atoms with E-state index in [9.17, 15) is 4.79 Å². The van der Waals surface area contributed by atoms with Crippen LogP contribution >= 0.6 is 0 Å². The van der Waals surface area contributed by atoms with E-state index in [0.717, 1.165) is 68.8 Å². The van der Waals surface area contributed by atoms with E-state index >= 15 is 0 Å². The maximum atomic E-state index is 12.4. The molecule has 1 aliphatic carbocycles. The minimum absolute atomic E-state index is 0.0600. The number of fused-ring (bicyclic) bond motifs is 1. The highest BCUT2D eigenvalue weighted by molar-refractivity contribution is 5.99. The first kappa shape index (κ1) is 24.6. The summed E-state index contributed by atoms with van der Waals surface area (Å²) in [5.41, 5.74) is 7.63. The summed E-state index contributed by atoms with van der Waals surface area (Å²) in [5, 5.41) is 5.11. The number of aromatic nitrogens is 4. The lowest BCUT2D eigenvalue weighted by Crippen LogP contribution is -2.07. The Bertz CT molecular complexity index is 1750. The summed E-state index contributed by atoms with van der Waals surface area (Å²) < 4.78 is 12.6. The summed E-state index contributed by atoms with van der Waals surface area (Å²) in [6.07, 6.45) is 8.02. The van der Waals surface area contributed by atoms with Gasteiger partial charge >= 0.3 is 5.97 Å². The highest BCUT2D eigenvalue weighted by Crippen LogP contribution is 2.38. The molecule has 0 amide bonds. The van der Waals surface area contributed by atoms with Gasteiger partial charge in [-0.2, -0.15) is 0 Å². The molecule has 194 valence electrons. The largest absolute Gasteiger partial charge is 0.465 e. The molecule has 1 atom stereocenters. The molecular weight excluding hydrogens is 488 g/mol. The van der Waals surface area contributed by atoms with Crippen molar-refractivity contribution in [1.82, 2.24) is 19.7 Å². The Morgan fingerprint density at radius 2 is 1.97 bits per heavy atom. The summed E-state index contributed by atoms with van der Waals surface area (Å²) in [4.78, 5) is 21.9. The van der Waals surface area contributed by atoms with Crippen LogP contribution in [-0.2, 0) is 4.74 Å². The molecule has 1 aromatic carbocycles. The van der Waals surface area contributed by atoms with Crippen LogP contribution in [0.25, 0.3) is 33.3 Å². The molecule has 0 saturated heterocycles. The summed E-state index contributed by atoms with van der Waals surface area (Å²) in [5.74, 6) is 7.50. The third-order valence-electron chi connectivity index (χ3n) is 7.24. The van der Waals surface area contributed by atoms with E-state index in [0.29, 0.717) is 11.5 Å². The van der Waals surface area contributed by atoms with Gasteiger partial charge in [0.2, 0.25) is 0 Å². The van der Waals surface area contributed by atoms with Crippen molar-refractivity contribution in [1.29, 1.82) is 0 Å². The van der Waals surface area contributed by atoms with Gasteiger partial charge in [0.15, 0.2) is 0 Å².